The van der Waals surface area contributed by atoms with Gasteiger partial charge in [0.1, 0.15) is 11.6 Å². The molecule has 0 bridgehead atoms. The van der Waals surface area contributed by atoms with Gasteiger partial charge < -0.3 is 15.0 Å². The second kappa shape index (κ2) is 10.2. The topological polar surface area (TPSA) is 54.7 Å². The maximum absolute atomic E-state index is 14.0. The lowest BCUT2D eigenvalue weighted by molar-refractivity contribution is -0.0506. The summed E-state index contributed by atoms with van der Waals surface area (Å²) in [4.78, 5) is 5.93. The van der Waals surface area contributed by atoms with Gasteiger partial charge in [-0.2, -0.15) is 13.9 Å². The third-order valence-electron chi connectivity index (χ3n) is 3.47. The van der Waals surface area contributed by atoms with Crippen LogP contribution in [0.5, 0.6) is 5.75 Å². The number of aliphatic imine (C=N–C) groups is 1. The van der Waals surface area contributed by atoms with Crippen molar-refractivity contribution in [2.24, 2.45) is 12.0 Å². The van der Waals surface area contributed by atoms with E-state index in [0.29, 0.717) is 12.5 Å². The van der Waals surface area contributed by atoms with Crippen LogP contribution < -0.4 is 10.1 Å². The number of rotatable bonds is 6. The zero-order valence-electron chi connectivity index (χ0n) is 14.6. The maximum atomic E-state index is 14.0. The summed E-state index contributed by atoms with van der Waals surface area (Å²) in [6.07, 6.45) is 3.60. The summed E-state index contributed by atoms with van der Waals surface area (Å²) in [7, 11) is 5.21. The molecule has 0 unspecified atom stereocenters. The lowest BCUT2D eigenvalue weighted by Crippen LogP contribution is -2.38. The highest BCUT2D eigenvalue weighted by molar-refractivity contribution is 14.0. The molecule has 0 atom stereocenters. The number of alkyl halides is 2. The first kappa shape index (κ1) is 22.1. The SMILES string of the molecule is CN=C(NCc1c(F)cccc1OC(F)F)N(C)Cc1cnn(C)c1.I. The minimum atomic E-state index is -3.02. The molecule has 2 rings (SSSR count). The molecule has 0 amide bonds. The predicted molar refractivity (Wildman–Crippen MR) is 103 cm³/mol. The zero-order valence-corrected chi connectivity index (χ0v) is 16.9. The molecule has 0 saturated heterocycles. The van der Waals surface area contributed by atoms with E-state index in [1.807, 2.05) is 18.1 Å². The number of ether oxygens (including phenoxy) is 1. The Morgan fingerprint density at radius 3 is 2.73 bits per heavy atom. The van der Waals surface area contributed by atoms with E-state index in [4.69, 9.17) is 0 Å². The molecule has 0 aliphatic heterocycles. The van der Waals surface area contributed by atoms with E-state index in [2.05, 4.69) is 20.1 Å². The normalized spacial score (nSPS) is 11.3. The highest BCUT2D eigenvalue weighted by atomic mass is 127. The average Bonchev–Trinajstić information content (AvgIpc) is 2.94. The minimum absolute atomic E-state index is 0. The summed E-state index contributed by atoms with van der Waals surface area (Å²) < 4.78 is 45.0. The first-order valence-electron chi connectivity index (χ1n) is 7.52. The van der Waals surface area contributed by atoms with E-state index in [-0.39, 0.29) is 41.8 Å². The van der Waals surface area contributed by atoms with E-state index in [1.54, 1.807) is 25.0 Å². The highest BCUT2D eigenvalue weighted by Crippen LogP contribution is 2.23. The monoisotopic (exact) mass is 483 g/mol. The number of benzene rings is 1. The lowest BCUT2D eigenvalue weighted by Gasteiger charge is -2.22. The summed E-state index contributed by atoms with van der Waals surface area (Å²) in [6.45, 7) is -2.53. The minimum Gasteiger partial charge on any atom is -0.434 e. The molecular weight excluding hydrogens is 462 g/mol. The van der Waals surface area contributed by atoms with Crippen LogP contribution in [0.25, 0.3) is 0 Å². The number of guanidine groups is 1. The fourth-order valence-electron chi connectivity index (χ4n) is 2.37. The predicted octanol–water partition coefficient (Wildman–Crippen LogP) is 2.99. The highest BCUT2D eigenvalue weighted by Gasteiger charge is 2.15. The molecule has 0 aliphatic rings. The first-order chi connectivity index (χ1) is 11.9. The van der Waals surface area contributed by atoms with Crippen molar-refractivity contribution in [3.63, 3.8) is 0 Å². The number of nitrogens with zero attached hydrogens (tertiary/aromatic N) is 4. The summed E-state index contributed by atoms with van der Waals surface area (Å²) >= 11 is 0. The van der Waals surface area contributed by atoms with Crippen LogP contribution in [0.4, 0.5) is 13.2 Å². The molecule has 1 N–H and O–H groups in total. The van der Waals surface area contributed by atoms with Crippen molar-refractivity contribution in [1.29, 1.82) is 0 Å². The van der Waals surface area contributed by atoms with E-state index in [9.17, 15) is 13.2 Å². The Labute approximate surface area is 167 Å². The van der Waals surface area contributed by atoms with Gasteiger partial charge in [-0.3, -0.25) is 9.67 Å². The third kappa shape index (κ3) is 6.07. The van der Waals surface area contributed by atoms with E-state index in [1.165, 1.54) is 18.2 Å². The van der Waals surface area contributed by atoms with Crippen molar-refractivity contribution >= 4 is 29.9 Å². The molecule has 6 nitrogen and oxygen atoms in total. The molecule has 0 spiro atoms. The number of hydrogen-bond donors (Lipinski definition) is 1. The Morgan fingerprint density at radius 1 is 1.42 bits per heavy atom. The molecule has 0 radical (unpaired) electrons. The molecule has 26 heavy (non-hydrogen) atoms. The molecule has 0 fully saturated rings. The quantitative estimate of drug-likeness (QED) is 0.390. The average molecular weight is 483 g/mol. The van der Waals surface area contributed by atoms with Gasteiger partial charge in [0.25, 0.3) is 0 Å². The molecule has 144 valence electrons. The smallest absolute Gasteiger partial charge is 0.387 e. The van der Waals surface area contributed by atoms with Gasteiger partial charge in [-0.25, -0.2) is 4.39 Å². The van der Waals surface area contributed by atoms with E-state index >= 15 is 0 Å². The summed E-state index contributed by atoms with van der Waals surface area (Å²) in [6, 6.07) is 3.81. The molecular formula is C16H21F3IN5O. The van der Waals surface area contributed by atoms with Gasteiger partial charge in [-0.05, 0) is 12.1 Å². The van der Waals surface area contributed by atoms with Gasteiger partial charge in [0.05, 0.1) is 6.20 Å². The van der Waals surface area contributed by atoms with Gasteiger partial charge in [-0.15, -0.1) is 24.0 Å². The number of aryl methyl sites for hydroxylation is 1. The van der Waals surface area contributed by atoms with Crippen LogP contribution >= 0.6 is 24.0 Å². The van der Waals surface area contributed by atoms with Crippen LogP contribution in [0.15, 0.2) is 35.6 Å². The van der Waals surface area contributed by atoms with Crippen molar-refractivity contribution in [3.05, 3.63) is 47.5 Å². The second-order valence-electron chi connectivity index (χ2n) is 5.37. The van der Waals surface area contributed by atoms with E-state index < -0.39 is 12.4 Å². The van der Waals surface area contributed by atoms with Crippen LogP contribution in [-0.4, -0.2) is 41.3 Å². The largest absolute Gasteiger partial charge is 0.434 e. The second-order valence-corrected chi connectivity index (χ2v) is 5.37. The number of aromatic nitrogens is 2. The molecule has 1 aromatic carbocycles. The Bertz CT molecular complexity index is 738. The van der Waals surface area contributed by atoms with Crippen LogP contribution in [0.1, 0.15) is 11.1 Å². The van der Waals surface area contributed by atoms with Crippen LogP contribution in [0, 0.1) is 5.82 Å². The summed E-state index contributed by atoms with van der Waals surface area (Å²) in [5, 5.41) is 7.04. The fraction of sp³-hybridized carbons (Fsp3) is 0.375. The van der Waals surface area contributed by atoms with E-state index in [0.717, 1.165) is 5.56 Å². The van der Waals surface area contributed by atoms with Gasteiger partial charge in [0.15, 0.2) is 5.96 Å². The van der Waals surface area contributed by atoms with Gasteiger partial charge in [-0.1, -0.05) is 6.07 Å². The maximum Gasteiger partial charge on any atom is 0.387 e. The van der Waals surface area contributed by atoms with Crippen LogP contribution in [-0.2, 0) is 20.1 Å². The number of hydrogen-bond acceptors (Lipinski definition) is 3. The Morgan fingerprint density at radius 2 is 2.15 bits per heavy atom. The number of halogens is 4. The third-order valence-corrected chi connectivity index (χ3v) is 3.47. The van der Waals surface area contributed by atoms with Crippen molar-refractivity contribution in [1.82, 2.24) is 20.0 Å². The Hall–Kier alpha value is -1.98. The lowest BCUT2D eigenvalue weighted by atomic mass is 10.2. The van der Waals surface area contributed by atoms with Crippen molar-refractivity contribution in [2.75, 3.05) is 14.1 Å². The summed E-state index contributed by atoms with van der Waals surface area (Å²) in [5.41, 5.74) is 0.985. The fourth-order valence-corrected chi connectivity index (χ4v) is 2.37. The van der Waals surface area contributed by atoms with Crippen LogP contribution in [0.2, 0.25) is 0 Å². The molecule has 10 heteroatoms. The number of nitrogens with one attached hydrogen (secondary N) is 1. The van der Waals surface area contributed by atoms with Crippen molar-refractivity contribution < 1.29 is 17.9 Å². The first-order valence-corrected chi connectivity index (χ1v) is 7.52. The van der Waals surface area contributed by atoms with Gasteiger partial charge in [0.2, 0.25) is 0 Å². The Balaban J connectivity index is 0.00000338. The van der Waals surface area contributed by atoms with Crippen molar-refractivity contribution in [2.45, 2.75) is 19.7 Å². The standard InChI is InChI=1S/C16H20F3N5O.HI/c1-20-16(23(2)9-11-7-22-24(3)10-11)21-8-12-13(17)5-4-6-14(12)25-15(18)19;/h4-7,10,15H,8-9H2,1-3H3,(H,20,21);1H. The summed E-state index contributed by atoms with van der Waals surface area (Å²) in [5.74, 6) is -0.348. The van der Waals surface area contributed by atoms with Gasteiger partial charge in [0, 0.05) is 51.6 Å². The molecule has 1 heterocycles. The molecule has 2 aromatic rings. The Kier molecular flexibility index (Phi) is 8.69. The van der Waals surface area contributed by atoms with Gasteiger partial charge >= 0.3 is 6.61 Å². The molecule has 0 saturated carbocycles. The van der Waals surface area contributed by atoms with Crippen LogP contribution in [0.3, 0.4) is 0 Å². The zero-order chi connectivity index (χ0) is 18.4. The molecule has 1 aromatic heterocycles. The molecule has 0 aliphatic carbocycles. The van der Waals surface area contributed by atoms with Crippen molar-refractivity contribution in [3.8, 4) is 5.75 Å².